The largest absolute Gasteiger partial charge is 0.508 e. The van der Waals surface area contributed by atoms with Crippen LogP contribution < -0.4 is 5.32 Å². The molecular weight excluding hydrogens is 245 g/mol. The Morgan fingerprint density at radius 2 is 1.95 bits per heavy atom. The summed E-state index contributed by atoms with van der Waals surface area (Å²) in [6.45, 7) is 6.74. The molecule has 0 aliphatic carbocycles. The molecule has 0 radical (unpaired) electrons. The Balaban J connectivity index is 2.72. The molecular formula is C15H24FNO2. The Hall–Kier alpha value is -1.13. The van der Waals surface area contributed by atoms with Crippen molar-refractivity contribution < 1.29 is 14.6 Å². The van der Waals surface area contributed by atoms with Crippen LogP contribution in [0.3, 0.4) is 0 Å². The number of aliphatic hydroxyl groups excluding tert-OH is 1. The lowest BCUT2D eigenvalue weighted by molar-refractivity contribution is 0.110. The summed E-state index contributed by atoms with van der Waals surface area (Å²) in [6, 6.07) is 4.02. The molecule has 1 atom stereocenters. The van der Waals surface area contributed by atoms with E-state index >= 15 is 0 Å². The molecule has 3 nitrogen and oxygen atoms in total. The van der Waals surface area contributed by atoms with E-state index in [1.165, 1.54) is 6.07 Å². The first kappa shape index (κ1) is 15.9. The first-order valence-corrected chi connectivity index (χ1v) is 6.80. The number of nitrogens with one attached hydrogen (secondary N) is 1. The molecule has 0 aliphatic heterocycles. The molecule has 0 heterocycles. The number of rotatable bonds is 7. The summed E-state index contributed by atoms with van der Waals surface area (Å²) in [7, 11) is 0. The fourth-order valence-electron chi connectivity index (χ4n) is 2.13. The summed E-state index contributed by atoms with van der Waals surface area (Å²) >= 11 is 0. The van der Waals surface area contributed by atoms with Gasteiger partial charge in [-0.2, -0.15) is 0 Å². The zero-order valence-electron chi connectivity index (χ0n) is 11.9. The van der Waals surface area contributed by atoms with Gasteiger partial charge in [0.05, 0.1) is 0 Å². The summed E-state index contributed by atoms with van der Waals surface area (Å²) in [4.78, 5) is 0. The van der Waals surface area contributed by atoms with Gasteiger partial charge >= 0.3 is 0 Å². The van der Waals surface area contributed by atoms with Crippen molar-refractivity contribution in [3.8, 4) is 5.75 Å². The van der Waals surface area contributed by atoms with Crippen LogP contribution in [0.1, 0.15) is 45.2 Å². The Bertz CT molecular complexity index is 397. The quantitative estimate of drug-likeness (QED) is 0.713. The standard InChI is InChI=1S/C15H24FNO2/c1-4-15(5-2,10-18)9-17-11(3)13-7-6-12(19)8-14(13)16/h6-8,11,17-19H,4-5,9-10H2,1-3H3. The van der Waals surface area contributed by atoms with Crippen molar-refractivity contribution in [1.29, 1.82) is 0 Å². The van der Waals surface area contributed by atoms with Gasteiger partial charge in [-0.1, -0.05) is 19.9 Å². The minimum Gasteiger partial charge on any atom is -0.508 e. The summed E-state index contributed by atoms with van der Waals surface area (Å²) in [5, 5.41) is 22.0. The number of halogens is 1. The van der Waals surface area contributed by atoms with E-state index in [9.17, 15) is 14.6 Å². The van der Waals surface area contributed by atoms with Crippen molar-refractivity contribution in [2.75, 3.05) is 13.2 Å². The van der Waals surface area contributed by atoms with Crippen molar-refractivity contribution in [1.82, 2.24) is 5.32 Å². The van der Waals surface area contributed by atoms with Crippen LogP contribution in [0.25, 0.3) is 0 Å². The third-order valence-corrected chi connectivity index (χ3v) is 4.07. The highest BCUT2D eigenvalue weighted by atomic mass is 19.1. The zero-order valence-corrected chi connectivity index (χ0v) is 11.9. The van der Waals surface area contributed by atoms with Gasteiger partial charge in [0.15, 0.2) is 0 Å². The second kappa shape index (κ2) is 6.87. The highest BCUT2D eigenvalue weighted by Crippen LogP contribution is 2.27. The van der Waals surface area contributed by atoms with Crippen LogP contribution in [0.5, 0.6) is 5.75 Å². The number of aromatic hydroxyl groups is 1. The number of aliphatic hydroxyl groups is 1. The fourth-order valence-corrected chi connectivity index (χ4v) is 2.13. The predicted molar refractivity (Wildman–Crippen MR) is 74.6 cm³/mol. The van der Waals surface area contributed by atoms with Crippen molar-refractivity contribution in [2.24, 2.45) is 5.41 Å². The molecule has 1 aromatic rings. The maximum absolute atomic E-state index is 13.7. The molecule has 108 valence electrons. The number of phenols is 1. The second-order valence-electron chi connectivity index (χ2n) is 5.17. The molecule has 0 bridgehead atoms. The minimum atomic E-state index is -0.414. The summed E-state index contributed by atoms with van der Waals surface area (Å²) in [5.41, 5.74) is 0.374. The fraction of sp³-hybridized carbons (Fsp3) is 0.600. The summed E-state index contributed by atoms with van der Waals surface area (Å²) < 4.78 is 13.7. The van der Waals surface area contributed by atoms with E-state index in [1.54, 1.807) is 6.07 Å². The Labute approximate surface area is 114 Å². The normalized spacial score (nSPS) is 13.5. The highest BCUT2D eigenvalue weighted by molar-refractivity contribution is 5.29. The van der Waals surface area contributed by atoms with Crippen LogP contribution >= 0.6 is 0 Å². The molecule has 1 unspecified atom stereocenters. The molecule has 4 heteroatoms. The lowest BCUT2D eigenvalue weighted by Gasteiger charge is -2.31. The van der Waals surface area contributed by atoms with Crippen LogP contribution in [0.2, 0.25) is 0 Å². The van der Waals surface area contributed by atoms with E-state index in [-0.39, 0.29) is 23.8 Å². The third kappa shape index (κ3) is 3.91. The van der Waals surface area contributed by atoms with Gasteiger partial charge in [-0.15, -0.1) is 0 Å². The van der Waals surface area contributed by atoms with Crippen molar-refractivity contribution in [3.05, 3.63) is 29.6 Å². The molecule has 0 aromatic heterocycles. The molecule has 1 rings (SSSR count). The molecule has 3 N–H and O–H groups in total. The van der Waals surface area contributed by atoms with Crippen molar-refractivity contribution in [2.45, 2.75) is 39.7 Å². The van der Waals surface area contributed by atoms with Crippen molar-refractivity contribution >= 4 is 0 Å². The van der Waals surface area contributed by atoms with E-state index in [4.69, 9.17) is 0 Å². The van der Waals surface area contributed by atoms with Crippen LogP contribution in [-0.4, -0.2) is 23.4 Å². The smallest absolute Gasteiger partial charge is 0.131 e. The van der Waals surface area contributed by atoms with Gasteiger partial charge in [-0.05, 0) is 25.8 Å². The van der Waals surface area contributed by atoms with Gasteiger partial charge < -0.3 is 15.5 Å². The molecule has 0 saturated heterocycles. The maximum atomic E-state index is 13.7. The minimum absolute atomic E-state index is 0.0692. The highest BCUT2D eigenvalue weighted by Gasteiger charge is 2.26. The van der Waals surface area contributed by atoms with E-state index in [0.717, 1.165) is 18.9 Å². The number of hydrogen-bond donors (Lipinski definition) is 3. The van der Waals surface area contributed by atoms with E-state index < -0.39 is 5.82 Å². The summed E-state index contributed by atoms with van der Waals surface area (Å²) in [5.74, 6) is -0.483. The first-order valence-electron chi connectivity index (χ1n) is 6.80. The molecule has 0 aliphatic rings. The lowest BCUT2D eigenvalue weighted by Crippen LogP contribution is -2.37. The van der Waals surface area contributed by atoms with E-state index in [0.29, 0.717) is 12.1 Å². The Morgan fingerprint density at radius 3 is 2.42 bits per heavy atom. The predicted octanol–water partition coefficient (Wildman–Crippen LogP) is 2.98. The number of hydrogen-bond acceptors (Lipinski definition) is 3. The molecule has 19 heavy (non-hydrogen) atoms. The van der Waals surface area contributed by atoms with Crippen LogP contribution in [0.4, 0.5) is 4.39 Å². The van der Waals surface area contributed by atoms with Crippen LogP contribution in [0, 0.1) is 11.2 Å². The number of phenolic OH excluding ortho intramolecular Hbond substituents is 1. The van der Waals surface area contributed by atoms with Gasteiger partial charge in [-0.3, -0.25) is 0 Å². The first-order chi connectivity index (χ1) is 8.98. The van der Waals surface area contributed by atoms with Crippen LogP contribution in [-0.2, 0) is 0 Å². The Kier molecular flexibility index (Phi) is 5.76. The zero-order chi connectivity index (χ0) is 14.5. The third-order valence-electron chi connectivity index (χ3n) is 4.07. The SMILES string of the molecule is CCC(CC)(CO)CNC(C)c1ccc(O)cc1F. The second-order valence-corrected chi connectivity index (χ2v) is 5.17. The van der Waals surface area contributed by atoms with E-state index in [1.807, 2.05) is 20.8 Å². The Morgan fingerprint density at radius 1 is 1.32 bits per heavy atom. The average molecular weight is 269 g/mol. The van der Waals surface area contributed by atoms with E-state index in [2.05, 4.69) is 5.32 Å². The molecule has 1 aromatic carbocycles. The van der Waals surface area contributed by atoms with Crippen molar-refractivity contribution in [3.63, 3.8) is 0 Å². The molecule has 0 spiro atoms. The van der Waals surface area contributed by atoms with Gasteiger partial charge in [0.2, 0.25) is 0 Å². The van der Waals surface area contributed by atoms with Gasteiger partial charge in [0, 0.05) is 36.2 Å². The van der Waals surface area contributed by atoms with Gasteiger partial charge in [-0.25, -0.2) is 4.39 Å². The van der Waals surface area contributed by atoms with Crippen LogP contribution in [0.15, 0.2) is 18.2 Å². The maximum Gasteiger partial charge on any atom is 0.131 e. The topological polar surface area (TPSA) is 52.5 Å². The molecule has 0 saturated carbocycles. The summed E-state index contributed by atoms with van der Waals surface area (Å²) in [6.07, 6.45) is 1.75. The average Bonchev–Trinajstić information content (AvgIpc) is 2.40. The monoisotopic (exact) mass is 269 g/mol. The number of benzene rings is 1. The van der Waals surface area contributed by atoms with Gasteiger partial charge in [0.1, 0.15) is 11.6 Å². The van der Waals surface area contributed by atoms with Gasteiger partial charge in [0.25, 0.3) is 0 Å². The molecule has 0 fully saturated rings. The lowest BCUT2D eigenvalue weighted by atomic mass is 9.83. The molecule has 0 amide bonds.